The largest absolute Gasteiger partial charge is 0.324 e. The van der Waals surface area contributed by atoms with Gasteiger partial charge in [-0.15, -0.1) is 11.3 Å². The van der Waals surface area contributed by atoms with E-state index in [0.717, 1.165) is 28.8 Å². The van der Waals surface area contributed by atoms with Crippen LogP contribution in [0.2, 0.25) is 5.02 Å². The molecule has 0 aliphatic heterocycles. The summed E-state index contributed by atoms with van der Waals surface area (Å²) in [6, 6.07) is 15.2. The first-order valence-corrected chi connectivity index (χ1v) is 12.3. The van der Waals surface area contributed by atoms with E-state index in [1.54, 1.807) is 34.8 Å². The summed E-state index contributed by atoms with van der Waals surface area (Å²) < 4.78 is 15.1. The lowest BCUT2D eigenvalue weighted by Gasteiger charge is -2.43. The molecule has 0 bridgehead atoms. The molecule has 0 saturated heterocycles. The zero-order valence-corrected chi connectivity index (χ0v) is 20.4. The lowest BCUT2D eigenvalue weighted by atomic mass is 9.74. The average molecular weight is 496 g/mol. The summed E-state index contributed by atoms with van der Waals surface area (Å²) in [7, 11) is 1.69. The molecule has 0 unspecified atom stereocenters. The Kier molecular flexibility index (Phi) is 5.78. The molecule has 1 atom stereocenters. The smallest absolute Gasteiger partial charge is 0.264 e. The Morgan fingerprint density at radius 1 is 1.18 bits per heavy atom. The van der Waals surface area contributed by atoms with Crippen molar-refractivity contribution in [1.82, 2.24) is 14.7 Å². The summed E-state index contributed by atoms with van der Waals surface area (Å²) in [6.07, 6.45) is 2.58. The molecule has 0 radical (unpaired) electrons. The molecule has 1 aliphatic rings. The highest BCUT2D eigenvalue weighted by Crippen LogP contribution is 2.43. The predicted octanol–water partition coefficient (Wildman–Crippen LogP) is 6.30. The van der Waals surface area contributed by atoms with Gasteiger partial charge >= 0.3 is 0 Å². The predicted molar refractivity (Wildman–Crippen MR) is 132 cm³/mol. The van der Waals surface area contributed by atoms with Crippen molar-refractivity contribution in [2.75, 3.05) is 7.05 Å². The Morgan fingerprint density at radius 3 is 2.62 bits per heavy atom. The van der Waals surface area contributed by atoms with E-state index in [1.165, 1.54) is 23.5 Å². The number of carbonyl (C=O) groups excluding carboxylic acids is 2. The summed E-state index contributed by atoms with van der Waals surface area (Å²) in [5, 5.41) is 5.92. The Labute approximate surface area is 205 Å². The van der Waals surface area contributed by atoms with E-state index in [0.29, 0.717) is 34.0 Å². The number of likely N-dealkylation sites (N-methyl/N-ethyl adjacent to an activating group) is 1. The maximum absolute atomic E-state index is 13.8. The van der Waals surface area contributed by atoms with Crippen LogP contribution in [-0.4, -0.2) is 33.4 Å². The number of carbonyl (C=O) groups is 2. The van der Waals surface area contributed by atoms with Crippen molar-refractivity contribution in [1.29, 1.82) is 0 Å². The van der Waals surface area contributed by atoms with E-state index >= 15 is 0 Å². The first-order valence-electron chi connectivity index (χ1n) is 11.1. The number of amides is 1. The van der Waals surface area contributed by atoms with Crippen molar-refractivity contribution in [2.45, 2.75) is 38.1 Å². The quantitative estimate of drug-likeness (QED) is 0.334. The molecule has 2 aromatic carbocycles. The maximum Gasteiger partial charge on any atom is 0.264 e. The van der Waals surface area contributed by atoms with Gasteiger partial charge < -0.3 is 4.90 Å². The van der Waals surface area contributed by atoms with Gasteiger partial charge in [0, 0.05) is 29.4 Å². The summed E-state index contributed by atoms with van der Waals surface area (Å²) >= 11 is 7.86. The molecule has 1 aliphatic carbocycles. The molecular weight excluding hydrogens is 473 g/mol. The van der Waals surface area contributed by atoms with Crippen molar-refractivity contribution < 1.29 is 14.0 Å². The fourth-order valence-electron chi connectivity index (χ4n) is 4.88. The van der Waals surface area contributed by atoms with Gasteiger partial charge in [0.25, 0.3) is 5.91 Å². The monoisotopic (exact) mass is 495 g/mol. The molecular formula is C26H23ClFN3O2S. The summed E-state index contributed by atoms with van der Waals surface area (Å²) in [5.41, 5.74) is 1.06. The minimum Gasteiger partial charge on any atom is -0.324 e. The molecule has 0 spiro atoms. The number of halogens is 2. The number of fused-ring (bicyclic) bond motifs is 1. The molecule has 34 heavy (non-hydrogen) atoms. The number of rotatable bonds is 4. The molecule has 8 heteroatoms. The summed E-state index contributed by atoms with van der Waals surface area (Å²) in [6.45, 7) is 1.88. The van der Waals surface area contributed by atoms with Crippen molar-refractivity contribution in [3.05, 3.63) is 81.6 Å². The topological polar surface area (TPSA) is 55.2 Å². The number of Topliss-reactive ketones (excluding diaryl/α,β-unsaturated/α-hetero) is 1. The zero-order chi connectivity index (χ0) is 24.0. The number of hydrogen-bond acceptors (Lipinski definition) is 4. The lowest BCUT2D eigenvalue weighted by Crippen LogP contribution is -2.54. The number of aryl methyl sites for hydroxylation is 1. The van der Waals surface area contributed by atoms with Crippen LogP contribution in [-0.2, 0) is 10.3 Å². The van der Waals surface area contributed by atoms with Gasteiger partial charge in [-0.05, 0) is 62.6 Å². The normalized spacial score (nSPS) is 18.4. The fourth-order valence-corrected chi connectivity index (χ4v) is 6.33. The highest BCUT2D eigenvalue weighted by Gasteiger charge is 2.48. The number of hydrogen-bond donors (Lipinski definition) is 0. The van der Waals surface area contributed by atoms with Gasteiger partial charge in [0.1, 0.15) is 16.2 Å². The number of aromatic nitrogens is 2. The van der Waals surface area contributed by atoms with Crippen LogP contribution < -0.4 is 0 Å². The third-order valence-electron chi connectivity index (χ3n) is 6.68. The molecule has 4 aromatic rings. The second kappa shape index (κ2) is 8.64. The molecule has 5 rings (SSSR count). The van der Waals surface area contributed by atoms with Gasteiger partial charge in [-0.25, -0.2) is 9.07 Å². The van der Waals surface area contributed by atoms with Crippen molar-refractivity contribution in [3.8, 4) is 5.69 Å². The molecule has 0 N–H and O–H groups in total. The third kappa shape index (κ3) is 3.54. The van der Waals surface area contributed by atoms with E-state index in [2.05, 4.69) is 5.10 Å². The zero-order valence-electron chi connectivity index (χ0n) is 18.8. The number of nitrogens with zero attached hydrogens (tertiary/aromatic N) is 3. The van der Waals surface area contributed by atoms with Gasteiger partial charge in [0.05, 0.1) is 16.3 Å². The van der Waals surface area contributed by atoms with Crippen LogP contribution in [0.4, 0.5) is 4.39 Å². The van der Waals surface area contributed by atoms with Gasteiger partial charge in [-0.3, -0.25) is 9.59 Å². The van der Waals surface area contributed by atoms with Crippen LogP contribution in [0.25, 0.3) is 15.9 Å². The van der Waals surface area contributed by atoms with Crippen molar-refractivity contribution in [3.63, 3.8) is 0 Å². The Hall–Kier alpha value is -3.03. The second-order valence-electron chi connectivity index (χ2n) is 8.64. The van der Waals surface area contributed by atoms with Crippen LogP contribution in [0.5, 0.6) is 0 Å². The Bertz CT molecular complexity index is 1410. The van der Waals surface area contributed by atoms with Gasteiger partial charge in [-0.1, -0.05) is 29.8 Å². The average Bonchev–Trinajstić information content (AvgIpc) is 3.40. The van der Waals surface area contributed by atoms with E-state index in [4.69, 9.17) is 11.6 Å². The van der Waals surface area contributed by atoms with Crippen LogP contribution >= 0.6 is 22.9 Å². The summed E-state index contributed by atoms with van der Waals surface area (Å²) in [4.78, 5) is 30.1. The molecule has 2 heterocycles. The first-order chi connectivity index (χ1) is 16.3. The van der Waals surface area contributed by atoms with E-state index in [1.807, 2.05) is 31.2 Å². The number of benzene rings is 2. The van der Waals surface area contributed by atoms with Gasteiger partial charge in [-0.2, -0.15) is 5.10 Å². The molecule has 174 valence electrons. The van der Waals surface area contributed by atoms with Gasteiger partial charge in [0.2, 0.25) is 0 Å². The second-order valence-corrected chi connectivity index (χ2v) is 10.1. The van der Waals surface area contributed by atoms with Crippen LogP contribution in [0.15, 0.2) is 54.6 Å². The maximum atomic E-state index is 13.8. The molecule has 1 fully saturated rings. The van der Waals surface area contributed by atoms with Crippen LogP contribution in [0.1, 0.15) is 46.6 Å². The molecule has 5 nitrogen and oxygen atoms in total. The molecule has 2 aromatic heterocycles. The van der Waals surface area contributed by atoms with Crippen molar-refractivity contribution in [2.24, 2.45) is 0 Å². The van der Waals surface area contributed by atoms with E-state index < -0.39 is 5.54 Å². The fraction of sp³-hybridized carbons (Fsp3) is 0.269. The molecule has 1 saturated carbocycles. The van der Waals surface area contributed by atoms with Crippen LogP contribution in [0, 0.1) is 12.7 Å². The first kappa shape index (κ1) is 22.7. The highest BCUT2D eigenvalue weighted by atomic mass is 35.5. The minimum atomic E-state index is -1.10. The third-order valence-corrected chi connectivity index (χ3v) is 8.11. The summed E-state index contributed by atoms with van der Waals surface area (Å²) in [5.74, 6) is -0.548. The number of thiophene rings is 1. The van der Waals surface area contributed by atoms with Gasteiger partial charge in [0.15, 0.2) is 5.78 Å². The van der Waals surface area contributed by atoms with Crippen molar-refractivity contribution >= 4 is 44.8 Å². The molecule has 1 amide bonds. The van der Waals surface area contributed by atoms with Crippen LogP contribution in [0.3, 0.4) is 0 Å². The Balaban J connectivity index is 1.59. The van der Waals surface area contributed by atoms with E-state index in [-0.39, 0.29) is 17.5 Å². The highest BCUT2D eigenvalue weighted by molar-refractivity contribution is 7.20. The Morgan fingerprint density at radius 2 is 1.91 bits per heavy atom. The van der Waals surface area contributed by atoms with E-state index in [9.17, 15) is 14.0 Å². The standard InChI is InChI=1S/C26H23ClFN3O2S/c1-16-19-15-22(34-25(19)31(29-16)18-12-10-17(28)11-13-18)24(33)30(2)26(14-6-5-9-23(26)32)20-7-3-4-8-21(20)27/h3-4,7-8,10-13,15H,5-6,9,14H2,1-2H3/t26-/m0/s1. The minimum absolute atomic E-state index is 0.0116. The SMILES string of the molecule is Cc1nn(-c2ccc(F)cc2)c2sc(C(=O)N(C)[C@]3(c4ccccc4Cl)CCCCC3=O)cc12. The lowest BCUT2D eigenvalue weighted by molar-refractivity contribution is -0.132. The number of ketones is 1.